The Morgan fingerprint density at radius 1 is 1.00 bits per heavy atom. The highest BCUT2D eigenvalue weighted by Gasteiger charge is 2.09. The van der Waals surface area contributed by atoms with Crippen LogP contribution in [0.2, 0.25) is 0 Å². The van der Waals surface area contributed by atoms with Crippen LogP contribution in [0.25, 0.3) is 0 Å². The third kappa shape index (κ3) is 3.56. The van der Waals surface area contributed by atoms with Gasteiger partial charge in [-0.05, 0) is 24.3 Å². The molecule has 0 aliphatic rings. The van der Waals surface area contributed by atoms with Crippen LogP contribution in [0, 0.1) is 0 Å². The van der Waals surface area contributed by atoms with E-state index < -0.39 is 0 Å². The second kappa shape index (κ2) is 6.02. The summed E-state index contributed by atoms with van der Waals surface area (Å²) in [5, 5.41) is 0. The van der Waals surface area contributed by atoms with Gasteiger partial charge in [0.15, 0.2) is 5.69 Å². The fourth-order valence-corrected chi connectivity index (χ4v) is 1.61. The van der Waals surface area contributed by atoms with Gasteiger partial charge >= 0.3 is 5.97 Å². The molecule has 0 aromatic heterocycles. The van der Waals surface area contributed by atoms with E-state index in [0.717, 1.165) is 11.4 Å². The Kier molecular flexibility index (Phi) is 4.15. The predicted molar refractivity (Wildman–Crippen MR) is 74.2 cm³/mol. The summed E-state index contributed by atoms with van der Waals surface area (Å²) in [5.41, 5.74) is 3.97. The van der Waals surface area contributed by atoms with Crippen LogP contribution in [0.15, 0.2) is 54.6 Å². The van der Waals surface area contributed by atoms with Crippen molar-refractivity contribution in [2.45, 2.75) is 0 Å². The molecule has 0 radical (unpaired) electrons. The number of benzene rings is 2. The highest BCUT2D eigenvalue weighted by atomic mass is 16.7. The van der Waals surface area contributed by atoms with Gasteiger partial charge in [0.1, 0.15) is 0 Å². The van der Waals surface area contributed by atoms with Crippen LogP contribution in [-0.4, -0.2) is 20.1 Å². The van der Waals surface area contributed by atoms with E-state index in [2.05, 4.69) is 0 Å². The van der Waals surface area contributed by atoms with E-state index in [0.29, 0.717) is 5.56 Å². The van der Waals surface area contributed by atoms with Crippen molar-refractivity contribution in [3.8, 4) is 0 Å². The number of quaternary nitrogens is 1. The van der Waals surface area contributed by atoms with Crippen molar-refractivity contribution in [3.63, 3.8) is 0 Å². The van der Waals surface area contributed by atoms with Crippen LogP contribution in [0.3, 0.4) is 0 Å². The predicted octanol–water partition coefficient (Wildman–Crippen LogP) is 1.72. The van der Waals surface area contributed by atoms with Gasteiger partial charge in [0, 0.05) is 31.9 Å². The Hall–Kier alpha value is -2.33. The lowest BCUT2D eigenvalue weighted by molar-refractivity contribution is -0.809. The van der Waals surface area contributed by atoms with Crippen LogP contribution >= 0.6 is 0 Å². The summed E-state index contributed by atoms with van der Waals surface area (Å²) in [6, 6.07) is 16.7. The number of carbonyl (C=O) groups excluding carboxylic acids is 1. The summed E-state index contributed by atoms with van der Waals surface area (Å²) in [6.07, 6.45) is 0. The van der Waals surface area contributed by atoms with E-state index in [1.165, 1.54) is 5.48 Å². The van der Waals surface area contributed by atoms with Gasteiger partial charge in [-0.25, -0.2) is 4.79 Å². The molecular weight excluding hydrogens is 240 g/mol. The van der Waals surface area contributed by atoms with Crippen molar-refractivity contribution in [1.29, 1.82) is 0 Å². The van der Waals surface area contributed by atoms with Gasteiger partial charge in [-0.15, -0.1) is 5.48 Å². The average Bonchev–Trinajstić information content (AvgIpc) is 2.46. The van der Waals surface area contributed by atoms with E-state index in [4.69, 9.17) is 4.84 Å². The molecule has 0 saturated carbocycles. The molecule has 0 unspecified atom stereocenters. The number of carbonyl (C=O) groups is 1. The van der Waals surface area contributed by atoms with Gasteiger partial charge < -0.3 is 4.90 Å². The summed E-state index contributed by atoms with van der Waals surface area (Å²) in [4.78, 5) is 18.9. The molecule has 4 nitrogen and oxygen atoms in total. The number of anilines is 1. The van der Waals surface area contributed by atoms with Crippen molar-refractivity contribution < 1.29 is 15.1 Å². The summed E-state index contributed by atoms with van der Waals surface area (Å²) < 4.78 is 0. The molecule has 4 heteroatoms. The number of hydrogen-bond acceptors (Lipinski definition) is 3. The van der Waals surface area contributed by atoms with Gasteiger partial charge in [0.05, 0.1) is 5.56 Å². The minimum Gasteiger partial charge on any atom is -0.378 e. The second-order valence-electron chi connectivity index (χ2n) is 4.38. The number of rotatable bonds is 4. The minimum absolute atomic E-state index is 0.350. The Morgan fingerprint density at radius 2 is 1.63 bits per heavy atom. The molecule has 2 rings (SSSR count). The smallest absolute Gasteiger partial charge is 0.378 e. The Morgan fingerprint density at radius 3 is 2.21 bits per heavy atom. The molecule has 0 aliphatic heterocycles. The molecule has 2 aromatic rings. The normalized spacial score (nSPS) is 10.0. The summed E-state index contributed by atoms with van der Waals surface area (Å²) in [7, 11) is 3.96. The molecule has 0 spiro atoms. The lowest BCUT2D eigenvalue weighted by Gasteiger charge is -2.11. The third-order valence-electron chi connectivity index (χ3n) is 2.72. The molecule has 2 aromatic carbocycles. The summed E-state index contributed by atoms with van der Waals surface area (Å²) in [6.45, 7) is 0. The third-order valence-corrected chi connectivity index (χ3v) is 2.72. The molecule has 0 saturated heterocycles. The quantitative estimate of drug-likeness (QED) is 0.670. The van der Waals surface area contributed by atoms with E-state index >= 15 is 0 Å². The molecule has 0 fully saturated rings. The molecule has 2 N–H and O–H groups in total. The van der Waals surface area contributed by atoms with Gasteiger partial charge in [-0.1, -0.05) is 18.2 Å². The van der Waals surface area contributed by atoms with E-state index in [1.807, 2.05) is 61.5 Å². The molecular formula is C15H17N2O2+. The van der Waals surface area contributed by atoms with E-state index in [9.17, 15) is 4.79 Å². The van der Waals surface area contributed by atoms with E-state index in [-0.39, 0.29) is 5.97 Å². The number of nitrogens with two attached hydrogens (primary N) is 1. The number of hydrogen-bond donors (Lipinski definition) is 1. The molecule has 19 heavy (non-hydrogen) atoms. The zero-order chi connectivity index (χ0) is 13.7. The lowest BCUT2D eigenvalue weighted by atomic mass is 10.2. The van der Waals surface area contributed by atoms with Crippen LogP contribution < -0.4 is 10.4 Å². The minimum atomic E-state index is -0.350. The molecule has 0 atom stereocenters. The number of nitrogens with zero attached hydrogens (tertiary/aromatic N) is 1. The molecule has 0 bridgehead atoms. The van der Waals surface area contributed by atoms with Crippen molar-refractivity contribution in [2.75, 3.05) is 19.0 Å². The first-order chi connectivity index (χ1) is 9.16. The van der Waals surface area contributed by atoms with Gasteiger partial charge in [-0.3, -0.25) is 4.84 Å². The molecule has 98 valence electrons. The van der Waals surface area contributed by atoms with E-state index in [1.54, 1.807) is 12.1 Å². The SMILES string of the molecule is CN(C)c1ccc([NH2+]OC(=O)c2ccccc2)cc1. The zero-order valence-corrected chi connectivity index (χ0v) is 11.0. The average molecular weight is 257 g/mol. The maximum Gasteiger partial charge on any atom is 0.397 e. The zero-order valence-electron chi connectivity index (χ0n) is 11.0. The van der Waals surface area contributed by atoms with Crippen molar-refractivity contribution >= 4 is 17.3 Å². The first-order valence-corrected chi connectivity index (χ1v) is 6.03. The summed E-state index contributed by atoms with van der Waals surface area (Å²) in [5.74, 6) is -0.350. The highest BCUT2D eigenvalue weighted by Crippen LogP contribution is 2.12. The van der Waals surface area contributed by atoms with Gasteiger partial charge in [0.2, 0.25) is 0 Å². The van der Waals surface area contributed by atoms with Crippen LogP contribution in [0.4, 0.5) is 11.4 Å². The Bertz CT molecular complexity index is 536. The maximum absolute atomic E-state index is 11.7. The van der Waals surface area contributed by atoms with Crippen molar-refractivity contribution in [2.24, 2.45) is 0 Å². The highest BCUT2D eigenvalue weighted by molar-refractivity contribution is 5.88. The van der Waals surface area contributed by atoms with Crippen LogP contribution in [-0.2, 0) is 4.84 Å². The fraction of sp³-hybridized carbons (Fsp3) is 0.133. The van der Waals surface area contributed by atoms with Gasteiger partial charge in [-0.2, -0.15) is 0 Å². The first kappa shape index (κ1) is 13.1. The van der Waals surface area contributed by atoms with Gasteiger partial charge in [0.25, 0.3) is 0 Å². The van der Waals surface area contributed by atoms with Crippen molar-refractivity contribution in [1.82, 2.24) is 0 Å². The standard InChI is InChI=1S/C15H16N2O2/c1-17(2)14-10-8-13(9-11-14)16-19-15(18)12-6-4-3-5-7-12/h3-11,16H,1-2H3/p+1. The topological polar surface area (TPSA) is 46.2 Å². The van der Waals surface area contributed by atoms with Crippen LogP contribution in [0.1, 0.15) is 10.4 Å². The van der Waals surface area contributed by atoms with Crippen molar-refractivity contribution in [3.05, 3.63) is 60.2 Å². The molecule has 0 heterocycles. The Labute approximate surface area is 112 Å². The Balaban J connectivity index is 1.94. The second-order valence-corrected chi connectivity index (χ2v) is 4.38. The monoisotopic (exact) mass is 257 g/mol. The van der Waals surface area contributed by atoms with Crippen LogP contribution in [0.5, 0.6) is 0 Å². The largest absolute Gasteiger partial charge is 0.397 e. The maximum atomic E-state index is 11.7. The molecule has 0 amide bonds. The fourth-order valence-electron chi connectivity index (χ4n) is 1.61. The lowest BCUT2D eigenvalue weighted by Crippen LogP contribution is -2.77. The molecule has 0 aliphatic carbocycles. The summed E-state index contributed by atoms with van der Waals surface area (Å²) >= 11 is 0. The first-order valence-electron chi connectivity index (χ1n) is 6.03.